The summed E-state index contributed by atoms with van der Waals surface area (Å²) in [6, 6.07) is 5.23. The monoisotopic (exact) mass is 378 g/mol. The summed E-state index contributed by atoms with van der Waals surface area (Å²) in [6.07, 6.45) is -3.40. The van der Waals surface area contributed by atoms with Crippen LogP contribution >= 0.6 is 0 Å². The molecule has 0 fully saturated rings. The number of fused-ring (bicyclic) bond motifs is 1. The van der Waals surface area contributed by atoms with E-state index in [4.69, 9.17) is 5.11 Å². The smallest absolute Gasteiger partial charge is 0.417 e. The van der Waals surface area contributed by atoms with Gasteiger partial charge >= 0.3 is 12.3 Å². The normalized spacial score (nSPS) is 12.7. The van der Waals surface area contributed by atoms with E-state index in [0.717, 1.165) is 16.7 Å². The lowest BCUT2D eigenvalue weighted by molar-refractivity contribution is -0.136. The van der Waals surface area contributed by atoms with Crippen molar-refractivity contribution >= 4 is 17.0 Å². The van der Waals surface area contributed by atoms with Gasteiger partial charge in [-0.1, -0.05) is 6.07 Å². The summed E-state index contributed by atoms with van der Waals surface area (Å²) >= 11 is 0. The first-order valence-electron chi connectivity index (χ1n) is 7.73. The molecule has 0 unspecified atom stereocenters. The Morgan fingerprint density at radius 2 is 2.00 bits per heavy atom. The molecule has 0 bridgehead atoms. The quantitative estimate of drug-likeness (QED) is 0.730. The van der Waals surface area contributed by atoms with Crippen LogP contribution in [0, 0.1) is 0 Å². The number of rotatable bonds is 3. The number of halogens is 3. The lowest BCUT2D eigenvalue weighted by Crippen LogP contribution is -2.33. The van der Waals surface area contributed by atoms with E-state index in [-0.39, 0.29) is 17.0 Å². The third-order valence-corrected chi connectivity index (χ3v) is 3.86. The van der Waals surface area contributed by atoms with Crippen molar-refractivity contribution in [3.8, 4) is 5.69 Å². The minimum absolute atomic E-state index is 0.0535. The van der Waals surface area contributed by atoms with Crippen LogP contribution in [0.5, 0.6) is 0 Å². The van der Waals surface area contributed by atoms with Gasteiger partial charge in [-0.25, -0.2) is 9.78 Å². The number of benzene rings is 1. The Labute approximate surface area is 150 Å². The highest BCUT2D eigenvalue weighted by atomic mass is 19.4. The van der Waals surface area contributed by atoms with Crippen LogP contribution in [0.4, 0.5) is 18.0 Å². The molecule has 3 aromatic rings. The van der Waals surface area contributed by atoms with Crippen LogP contribution in [0.3, 0.4) is 0 Å². The van der Waals surface area contributed by atoms with Gasteiger partial charge in [0.25, 0.3) is 5.56 Å². The van der Waals surface area contributed by atoms with Gasteiger partial charge < -0.3 is 10.4 Å². The zero-order valence-electron chi connectivity index (χ0n) is 13.9. The molecule has 2 heterocycles. The second-order valence-corrected chi connectivity index (χ2v) is 5.69. The van der Waals surface area contributed by atoms with Crippen molar-refractivity contribution in [2.75, 3.05) is 0 Å². The van der Waals surface area contributed by atoms with E-state index in [9.17, 15) is 22.8 Å². The van der Waals surface area contributed by atoms with Crippen molar-refractivity contribution in [3.63, 3.8) is 0 Å². The Bertz CT molecular complexity index is 1060. The van der Waals surface area contributed by atoms with Crippen LogP contribution in [-0.4, -0.2) is 25.7 Å². The minimum atomic E-state index is -4.75. The average Bonchev–Trinajstić information content (AvgIpc) is 2.60. The molecule has 7 nitrogen and oxygen atoms in total. The number of alkyl halides is 3. The van der Waals surface area contributed by atoms with E-state index >= 15 is 0 Å². The Hall–Kier alpha value is -3.43. The first-order valence-corrected chi connectivity index (χ1v) is 7.73. The third kappa shape index (κ3) is 3.46. The molecule has 0 aliphatic rings. The van der Waals surface area contributed by atoms with Crippen LogP contribution in [0.1, 0.15) is 24.4 Å². The molecule has 0 radical (unpaired) electrons. The number of nitrogens with one attached hydrogen (secondary N) is 1. The van der Waals surface area contributed by atoms with Gasteiger partial charge in [-0.05, 0) is 31.2 Å². The lowest BCUT2D eigenvalue weighted by Gasteiger charge is -2.19. The van der Waals surface area contributed by atoms with Gasteiger partial charge in [0.2, 0.25) is 0 Å². The standard InChI is InChI=1S/C17H13F3N4O3/c1-9(22-16(26)27)14-23-12-6-2-5-11(17(18,19)20)13(12)15(25)24(14)10-4-3-7-21-8-10/h2-9,22H,1H3,(H,26,27)/t9-/m0/s1. The molecule has 10 heteroatoms. The molecule has 140 valence electrons. The highest BCUT2D eigenvalue weighted by Gasteiger charge is 2.34. The first kappa shape index (κ1) is 18.4. The maximum atomic E-state index is 13.4. The molecule has 3 rings (SSSR count). The number of amides is 1. The molecule has 0 aliphatic heterocycles. The molecule has 0 aliphatic carbocycles. The fraction of sp³-hybridized carbons (Fsp3) is 0.176. The first-order chi connectivity index (χ1) is 12.7. The zero-order valence-corrected chi connectivity index (χ0v) is 13.9. The number of aromatic nitrogens is 3. The Kier molecular flexibility index (Phi) is 4.56. The topological polar surface area (TPSA) is 97.1 Å². The molecule has 27 heavy (non-hydrogen) atoms. The Balaban J connectivity index is 2.42. The summed E-state index contributed by atoms with van der Waals surface area (Å²) in [5.41, 5.74) is -2.08. The highest BCUT2D eigenvalue weighted by molar-refractivity contribution is 5.82. The molecule has 0 saturated carbocycles. The lowest BCUT2D eigenvalue weighted by atomic mass is 10.1. The number of carboxylic acid groups (broad SMARTS) is 1. The molecular weight excluding hydrogens is 365 g/mol. The summed E-state index contributed by atoms with van der Waals surface area (Å²) in [5, 5.41) is 10.5. The number of carbonyl (C=O) groups is 1. The van der Waals surface area contributed by atoms with Gasteiger partial charge in [0.05, 0.1) is 34.4 Å². The second-order valence-electron chi connectivity index (χ2n) is 5.69. The van der Waals surface area contributed by atoms with Crippen molar-refractivity contribution in [1.29, 1.82) is 0 Å². The maximum Gasteiger partial charge on any atom is 0.417 e. The van der Waals surface area contributed by atoms with E-state index in [1.807, 2.05) is 0 Å². The molecule has 1 amide bonds. The van der Waals surface area contributed by atoms with Crippen molar-refractivity contribution in [3.05, 3.63) is 64.5 Å². The number of hydrogen-bond donors (Lipinski definition) is 2. The molecule has 1 atom stereocenters. The van der Waals surface area contributed by atoms with E-state index in [2.05, 4.69) is 15.3 Å². The van der Waals surface area contributed by atoms with Gasteiger partial charge in [-0.2, -0.15) is 13.2 Å². The van der Waals surface area contributed by atoms with Crippen molar-refractivity contribution in [2.24, 2.45) is 0 Å². The van der Waals surface area contributed by atoms with Crippen LogP contribution in [-0.2, 0) is 6.18 Å². The predicted molar refractivity (Wildman–Crippen MR) is 89.7 cm³/mol. The second kappa shape index (κ2) is 6.71. The van der Waals surface area contributed by atoms with Crippen LogP contribution in [0.15, 0.2) is 47.5 Å². The summed E-state index contributed by atoms with van der Waals surface area (Å²) in [7, 11) is 0. The van der Waals surface area contributed by atoms with Gasteiger partial charge in [-0.3, -0.25) is 14.3 Å². The molecular formula is C17H13F3N4O3. The summed E-state index contributed by atoms with van der Waals surface area (Å²) < 4.78 is 41.1. The fourth-order valence-corrected chi connectivity index (χ4v) is 2.76. The Morgan fingerprint density at radius 3 is 2.59 bits per heavy atom. The maximum absolute atomic E-state index is 13.4. The minimum Gasteiger partial charge on any atom is -0.465 e. The van der Waals surface area contributed by atoms with E-state index in [1.54, 1.807) is 0 Å². The molecule has 0 spiro atoms. The van der Waals surface area contributed by atoms with Crippen molar-refractivity contribution < 1.29 is 23.1 Å². The number of hydrogen-bond acceptors (Lipinski definition) is 4. The average molecular weight is 378 g/mol. The van der Waals surface area contributed by atoms with Gasteiger partial charge in [0, 0.05) is 6.20 Å². The molecule has 0 saturated heterocycles. The van der Waals surface area contributed by atoms with Gasteiger partial charge in [0.1, 0.15) is 5.82 Å². The number of nitrogens with zero attached hydrogens (tertiary/aromatic N) is 3. The van der Waals surface area contributed by atoms with E-state index in [0.29, 0.717) is 0 Å². The number of pyridine rings is 1. The third-order valence-electron chi connectivity index (χ3n) is 3.86. The highest BCUT2D eigenvalue weighted by Crippen LogP contribution is 2.33. The van der Waals surface area contributed by atoms with Crippen LogP contribution in [0.25, 0.3) is 16.6 Å². The summed E-state index contributed by atoms with van der Waals surface area (Å²) in [4.78, 5) is 32.0. The van der Waals surface area contributed by atoms with Gasteiger partial charge in [-0.15, -0.1) is 0 Å². The van der Waals surface area contributed by atoms with Crippen molar-refractivity contribution in [1.82, 2.24) is 19.9 Å². The van der Waals surface area contributed by atoms with E-state index in [1.165, 1.54) is 37.5 Å². The summed E-state index contributed by atoms with van der Waals surface area (Å²) in [6.45, 7) is 1.43. The predicted octanol–water partition coefficient (Wildman–Crippen LogP) is 3.13. The SMILES string of the molecule is C[C@H](NC(=O)O)c1nc2cccc(C(F)(F)F)c2c(=O)n1-c1cccnc1. The van der Waals surface area contributed by atoms with Crippen LogP contribution in [0.2, 0.25) is 0 Å². The Morgan fingerprint density at radius 1 is 1.26 bits per heavy atom. The molecule has 1 aromatic carbocycles. The van der Waals surface area contributed by atoms with Crippen LogP contribution < -0.4 is 10.9 Å². The van der Waals surface area contributed by atoms with Gasteiger partial charge in [0.15, 0.2) is 0 Å². The fourth-order valence-electron chi connectivity index (χ4n) is 2.76. The summed E-state index contributed by atoms with van der Waals surface area (Å²) in [5.74, 6) is -0.0535. The van der Waals surface area contributed by atoms with Crippen molar-refractivity contribution in [2.45, 2.75) is 19.1 Å². The largest absolute Gasteiger partial charge is 0.465 e. The van der Waals surface area contributed by atoms with E-state index < -0.39 is 34.8 Å². The molecule has 2 aromatic heterocycles. The molecule has 2 N–H and O–H groups in total. The zero-order chi connectivity index (χ0) is 19.8.